The van der Waals surface area contributed by atoms with E-state index in [1.54, 1.807) is 17.0 Å². The summed E-state index contributed by atoms with van der Waals surface area (Å²) in [5.74, 6) is -0.671. The van der Waals surface area contributed by atoms with Gasteiger partial charge in [-0.15, -0.1) is 0 Å². The van der Waals surface area contributed by atoms with E-state index in [0.29, 0.717) is 50.4 Å². The van der Waals surface area contributed by atoms with Crippen LogP contribution in [-0.4, -0.2) is 60.4 Å². The second-order valence-corrected chi connectivity index (χ2v) is 7.16. The van der Waals surface area contributed by atoms with E-state index in [0.717, 1.165) is 12.8 Å². The van der Waals surface area contributed by atoms with Gasteiger partial charge in [-0.1, -0.05) is 0 Å². The molecule has 2 aliphatic heterocycles. The van der Waals surface area contributed by atoms with E-state index >= 15 is 0 Å². The molecule has 0 radical (unpaired) electrons. The number of aliphatic hydroxyl groups is 1. The van der Waals surface area contributed by atoms with Crippen LogP contribution in [0.1, 0.15) is 32.6 Å². The number of ether oxygens (including phenoxy) is 1. The van der Waals surface area contributed by atoms with Crippen molar-refractivity contribution < 1.29 is 23.8 Å². The molecule has 2 fully saturated rings. The summed E-state index contributed by atoms with van der Waals surface area (Å²) in [7, 11) is 0. The van der Waals surface area contributed by atoms with Crippen molar-refractivity contribution in [3.8, 4) is 0 Å². The highest BCUT2D eigenvalue weighted by atomic mass is 19.1. The Kier molecular flexibility index (Phi) is 6.15. The summed E-state index contributed by atoms with van der Waals surface area (Å²) < 4.78 is 20.1. The Morgan fingerprint density at radius 2 is 1.96 bits per heavy atom. The summed E-state index contributed by atoms with van der Waals surface area (Å²) >= 11 is 0. The van der Waals surface area contributed by atoms with E-state index in [-0.39, 0.29) is 24.2 Å². The highest BCUT2D eigenvalue weighted by molar-refractivity contribution is 5.88. The maximum Gasteiger partial charge on any atom is 0.410 e. The van der Waals surface area contributed by atoms with Crippen molar-refractivity contribution in [3.63, 3.8) is 0 Å². The average molecular weight is 379 g/mol. The summed E-state index contributed by atoms with van der Waals surface area (Å²) in [5, 5.41) is 12.1. The Morgan fingerprint density at radius 1 is 1.22 bits per heavy atom. The van der Waals surface area contributed by atoms with Crippen molar-refractivity contribution in [1.82, 2.24) is 4.90 Å². The largest absolute Gasteiger partial charge is 0.444 e. The number of carbonyl (C=O) groups is 2. The van der Waals surface area contributed by atoms with Crippen LogP contribution in [0.4, 0.5) is 20.6 Å². The predicted octanol–water partition coefficient (Wildman–Crippen LogP) is 2.35. The fraction of sp³-hybridized carbons (Fsp3) is 0.579. The normalized spacial score (nSPS) is 21.1. The number of halogens is 1. The number of hydrogen-bond donors (Lipinski definition) is 2. The molecule has 7 nitrogen and oxygen atoms in total. The topological polar surface area (TPSA) is 82.1 Å². The molecule has 1 unspecified atom stereocenters. The van der Waals surface area contributed by atoms with Gasteiger partial charge in [0.2, 0.25) is 5.91 Å². The van der Waals surface area contributed by atoms with E-state index in [1.165, 1.54) is 13.0 Å². The van der Waals surface area contributed by atoms with Gasteiger partial charge in [0.1, 0.15) is 11.9 Å². The molecule has 2 amide bonds. The number of nitrogens with one attached hydrogen (secondary N) is 1. The summed E-state index contributed by atoms with van der Waals surface area (Å²) in [6, 6.07) is 4.59. The standard InChI is InChI=1S/C19H26FN3O4/c1-13(24)21-14-4-5-18(17(20)11-14)23-8-2-3-16(12-23)27-19(26)22-9-6-15(25)7-10-22/h4-5,11,15-16,25H,2-3,6-10,12H2,1H3,(H,21,24). The first-order valence-electron chi connectivity index (χ1n) is 9.38. The Hall–Kier alpha value is -2.35. The lowest BCUT2D eigenvalue weighted by atomic mass is 10.1. The van der Waals surface area contributed by atoms with Crippen LogP contribution in [0.25, 0.3) is 0 Å². The number of rotatable bonds is 3. The van der Waals surface area contributed by atoms with Gasteiger partial charge in [0.05, 0.1) is 18.3 Å². The van der Waals surface area contributed by atoms with E-state index in [1.807, 2.05) is 4.90 Å². The van der Waals surface area contributed by atoms with Crippen LogP contribution in [0, 0.1) is 5.82 Å². The molecule has 0 aliphatic carbocycles. The summed E-state index contributed by atoms with van der Waals surface area (Å²) in [6.07, 6.45) is 1.66. The molecular weight excluding hydrogens is 353 g/mol. The maximum absolute atomic E-state index is 14.5. The predicted molar refractivity (Wildman–Crippen MR) is 99.2 cm³/mol. The minimum absolute atomic E-state index is 0.252. The summed E-state index contributed by atoms with van der Waals surface area (Å²) in [6.45, 7) is 3.47. The van der Waals surface area contributed by atoms with Gasteiger partial charge in [0.25, 0.3) is 0 Å². The monoisotopic (exact) mass is 379 g/mol. The van der Waals surface area contributed by atoms with Gasteiger partial charge in [0, 0.05) is 32.2 Å². The molecule has 0 aromatic heterocycles. The Morgan fingerprint density at radius 3 is 2.63 bits per heavy atom. The SMILES string of the molecule is CC(=O)Nc1ccc(N2CCCC(OC(=O)N3CCC(O)CC3)C2)c(F)c1. The van der Waals surface area contributed by atoms with Crippen LogP contribution < -0.4 is 10.2 Å². The summed E-state index contributed by atoms with van der Waals surface area (Å²) in [4.78, 5) is 26.9. The third-order valence-corrected chi connectivity index (χ3v) is 4.98. The first-order chi connectivity index (χ1) is 12.9. The quantitative estimate of drug-likeness (QED) is 0.843. The second kappa shape index (κ2) is 8.56. The smallest absolute Gasteiger partial charge is 0.410 e. The van der Waals surface area contributed by atoms with Gasteiger partial charge in [-0.3, -0.25) is 4.79 Å². The lowest BCUT2D eigenvalue weighted by molar-refractivity contribution is -0.114. The van der Waals surface area contributed by atoms with E-state index in [9.17, 15) is 19.1 Å². The van der Waals surface area contributed by atoms with Crippen LogP contribution in [0.5, 0.6) is 0 Å². The number of carbonyl (C=O) groups excluding carboxylic acids is 2. The van der Waals surface area contributed by atoms with Crippen molar-refractivity contribution in [3.05, 3.63) is 24.0 Å². The zero-order chi connectivity index (χ0) is 19.4. The molecule has 2 aliphatic rings. The van der Waals surface area contributed by atoms with Crippen LogP contribution >= 0.6 is 0 Å². The Balaban J connectivity index is 1.59. The molecule has 3 rings (SSSR count). The van der Waals surface area contributed by atoms with Gasteiger partial charge in [-0.2, -0.15) is 0 Å². The lowest BCUT2D eigenvalue weighted by Crippen LogP contribution is -2.45. The average Bonchev–Trinajstić information content (AvgIpc) is 2.62. The number of hydrogen-bond acceptors (Lipinski definition) is 5. The van der Waals surface area contributed by atoms with Crippen LogP contribution in [0.2, 0.25) is 0 Å². The number of aliphatic hydroxyl groups excluding tert-OH is 1. The first kappa shape index (κ1) is 19.4. The van der Waals surface area contributed by atoms with Crippen molar-refractivity contribution in [2.45, 2.75) is 44.8 Å². The molecule has 2 heterocycles. The van der Waals surface area contributed by atoms with Crippen molar-refractivity contribution in [1.29, 1.82) is 0 Å². The molecule has 8 heteroatoms. The molecule has 1 aromatic carbocycles. The third kappa shape index (κ3) is 5.09. The minimum Gasteiger partial charge on any atom is -0.444 e. The van der Waals surface area contributed by atoms with Gasteiger partial charge < -0.3 is 25.0 Å². The molecular formula is C19H26FN3O4. The molecule has 2 N–H and O–H groups in total. The van der Waals surface area contributed by atoms with Crippen molar-refractivity contribution >= 4 is 23.4 Å². The number of anilines is 2. The molecule has 2 saturated heterocycles. The van der Waals surface area contributed by atoms with E-state index in [2.05, 4.69) is 5.32 Å². The zero-order valence-corrected chi connectivity index (χ0v) is 15.5. The molecule has 27 heavy (non-hydrogen) atoms. The Bertz CT molecular complexity index is 692. The van der Waals surface area contributed by atoms with E-state index < -0.39 is 5.82 Å². The molecule has 0 spiro atoms. The number of nitrogens with zero attached hydrogens (tertiary/aromatic N) is 2. The van der Waals surface area contributed by atoms with E-state index in [4.69, 9.17) is 4.74 Å². The van der Waals surface area contributed by atoms with Gasteiger partial charge in [-0.05, 0) is 43.9 Å². The number of benzene rings is 1. The molecule has 0 saturated carbocycles. The lowest BCUT2D eigenvalue weighted by Gasteiger charge is -2.36. The fourth-order valence-corrected chi connectivity index (χ4v) is 3.56. The van der Waals surface area contributed by atoms with Crippen LogP contribution in [0.3, 0.4) is 0 Å². The summed E-state index contributed by atoms with van der Waals surface area (Å²) in [5.41, 5.74) is 0.849. The van der Waals surface area contributed by atoms with Crippen molar-refractivity contribution in [2.75, 3.05) is 36.4 Å². The van der Waals surface area contributed by atoms with Crippen LogP contribution in [0.15, 0.2) is 18.2 Å². The third-order valence-electron chi connectivity index (χ3n) is 4.98. The van der Waals surface area contributed by atoms with Gasteiger partial charge in [0.15, 0.2) is 0 Å². The van der Waals surface area contributed by atoms with Crippen LogP contribution in [-0.2, 0) is 9.53 Å². The Labute approximate surface area is 158 Å². The van der Waals surface area contributed by atoms with Crippen molar-refractivity contribution in [2.24, 2.45) is 0 Å². The zero-order valence-electron chi connectivity index (χ0n) is 15.5. The maximum atomic E-state index is 14.5. The van der Waals surface area contributed by atoms with Gasteiger partial charge in [-0.25, -0.2) is 9.18 Å². The molecule has 148 valence electrons. The molecule has 1 aromatic rings. The molecule has 1 atom stereocenters. The number of likely N-dealkylation sites (tertiary alicyclic amines) is 1. The second-order valence-electron chi connectivity index (χ2n) is 7.16. The highest BCUT2D eigenvalue weighted by Gasteiger charge is 2.28. The number of amides is 2. The minimum atomic E-state index is -0.418. The highest BCUT2D eigenvalue weighted by Crippen LogP contribution is 2.27. The first-order valence-corrected chi connectivity index (χ1v) is 9.38. The van der Waals surface area contributed by atoms with Gasteiger partial charge >= 0.3 is 6.09 Å². The fourth-order valence-electron chi connectivity index (χ4n) is 3.56. The molecule has 0 bridgehead atoms. The number of piperidine rings is 2.